The Kier molecular flexibility index (Phi) is 5.66. The number of anilines is 1. The van der Waals surface area contributed by atoms with E-state index in [0.717, 1.165) is 28.6 Å². The van der Waals surface area contributed by atoms with Gasteiger partial charge in [-0.15, -0.1) is 0 Å². The molecule has 1 amide bonds. The molecule has 1 aliphatic heterocycles. The second-order valence-electron chi connectivity index (χ2n) is 6.57. The molecule has 28 heavy (non-hydrogen) atoms. The smallest absolute Gasteiger partial charge is 0.222 e. The third-order valence-electron chi connectivity index (χ3n) is 4.69. The molecule has 6 nitrogen and oxygen atoms in total. The van der Waals surface area contributed by atoms with Gasteiger partial charge in [-0.2, -0.15) is 0 Å². The molecule has 0 atom stereocenters. The topological polar surface area (TPSA) is 58.6 Å². The van der Waals surface area contributed by atoms with Crippen LogP contribution in [0.15, 0.2) is 42.6 Å². The van der Waals surface area contributed by atoms with Crippen LogP contribution in [0.5, 0.6) is 5.75 Å². The SMILES string of the molecule is O=C(CCCOc1ccccc1F)N1CCN(c2nc3cccnc3s2)CC1. The maximum absolute atomic E-state index is 13.5. The highest BCUT2D eigenvalue weighted by atomic mass is 32.1. The first-order valence-corrected chi connectivity index (χ1v) is 10.1. The highest BCUT2D eigenvalue weighted by Gasteiger charge is 2.23. The number of piperazine rings is 1. The molecule has 1 aliphatic rings. The zero-order chi connectivity index (χ0) is 19.3. The lowest BCUT2D eigenvalue weighted by molar-refractivity contribution is -0.131. The largest absolute Gasteiger partial charge is 0.491 e. The number of carbonyl (C=O) groups is 1. The molecule has 0 aliphatic carbocycles. The predicted octanol–water partition coefficient (Wildman–Crippen LogP) is 3.34. The van der Waals surface area contributed by atoms with E-state index in [1.165, 1.54) is 6.07 Å². The Balaban J connectivity index is 1.22. The Morgan fingerprint density at radius 1 is 1.14 bits per heavy atom. The van der Waals surface area contributed by atoms with Crippen LogP contribution in [-0.4, -0.2) is 53.6 Å². The number of amides is 1. The van der Waals surface area contributed by atoms with E-state index < -0.39 is 0 Å². The Morgan fingerprint density at radius 2 is 1.96 bits per heavy atom. The lowest BCUT2D eigenvalue weighted by Crippen LogP contribution is -2.48. The predicted molar refractivity (Wildman–Crippen MR) is 107 cm³/mol. The number of fused-ring (bicyclic) bond motifs is 1. The Labute approximate surface area is 166 Å². The molecule has 3 heterocycles. The fourth-order valence-corrected chi connectivity index (χ4v) is 4.13. The van der Waals surface area contributed by atoms with Gasteiger partial charge in [-0.05, 0) is 30.7 Å². The van der Waals surface area contributed by atoms with Crippen molar-refractivity contribution in [3.05, 3.63) is 48.4 Å². The van der Waals surface area contributed by atoms with Gasteiger partial charge in [0.05, 0.1) is 6.61 Å². The summed E-state index contributed by atoms with van der Waals surface area (Å²) in [5.41, 5.74) is 0.913. The van der Waals surface area contributed by atoms with Gasteiger partial charge in [-0.3, -0.25) is 4.79 Å². The van der Waals surface area contributed by atoms with Crippen molar-refractivity contribution in [3.8, 4) is 5.75 Å². The molecule has 0 radical (unpaired) electrons. The van der Waals surface area contributed by atoms with Gasteiger partial charge in [0.25, 0.3) is 0 Å². The van der Waals surface area contributed by atoms with Crippen molar-refractivity contribution in [2.45, 2.75) is 12.8 Å². The Bertz CT molecular complexity index is 923. The number of rotatable bonds is 6. The zero-order valence-corrected chi connectivity index (χ0v) is 16.2. The van der Waals surface area contributed by atoms with Crippen LogP contribution in [0.3, 0.4) is 0 Å². The first-order valence-electron chi connectivity index (χ1n) is 9.32. The van der Waals surface area contributed by atoms with Gasteiger partial charge in [-0.25, -0.2) is 14.4 Å². The highest BCUT2D eigenvalue weighted by molar-refractivity contribution is 7.21. The number of ether oxygens (including phenoxy) is 1. The van der Waals surface area contributed by atoms with Crippen molar-refractivity contribution in [2.75, 3.05) is 37.7 Å². The minimum absolute atomic E-state index is 0.114. The molecular formula is C20H21FN4O2S. The second kappa shape index (κ2) is 8.52. The minimum Gasteiger partial charge on any atom is -0.491 e. The van der Waals surface area contributed by atoms with E-state index in [1.54, 1.807) is 35.7 Å². The number of para-hydroxylation sites is 1. The number of hydrogen-bond acceptors (Lipinski definition) is 6. The van der Waals surface area contributed by atoms with Crippen molar-refractivity contribution in [1.29, 1.82) is 0 Å². The molecule has 0 unspecified atom stereocenters. The van der Waals surface area contributed by atoms with Crippen LogP contribution in [-0.2, 0) is 4.79 Å². The number of benzene rings is 1. The molecule has 4 rings (SSSR count). The summed E-state index contributed by atoms with van der Waals surface area (Å²) in [4.78, 5) is 26.4. The van der Waals surface area contributed by atoms with Crippen LogP contribution >= 0.6 is 11.3 Å². The number of aromatic nitrogens is 2. The van der Waals surface area contributed by atoms with Crippen LogP contribution in [0.25, 0.3) is 10.3 Å². The molecule has 0 saturated carbocycles. The van der Waals surface area contributed by atoms with Gasteiger partial charge in [0.15, 0.2) is 16.7 Å². The van der Waals surface area contributed by atoms with Gasteiger partial charge in [-0.1, -0.05) is 23.5 Å². The maximum Gasteiger partial charge on any atom is 0.222 e. The number of carbonyl (C=O) groups excluding carboxylic acids is 1. The second-order valence-corrected chi connectivity index (χ2v) is 7.53. The van der Waals surface area contributed by atoms with Crippen molar-refractivity contribution < 1.29 is 13.9 Å². The van der Waals surface area contributed by atoms with Crippen LogP contribution in [0.4, 0.5) is 9.52 Å². The maximum atomic E-state index is 13.5. The molecule has 1 fully saturated rings. The number of hydrogen-bond donors (Lipinski definition) is 0. The summed E-state index contributed by atoms with van der Waals surface area (Å²) < 4.78 is 18.9. The van der Waals surface area contributed by atoms with Crippen LogP contribution in [0.1, 0.15) is 12.8 Å². The molecule has 0 N–H and O–H groups in total. The number of nitrogens with zero attached hydrogens (tertiary/aromatic N) is 4. The monoisotopic (exact) mass is 400 g/mol. The van der Waals surface area contributed by atoms with Crippen LogP contribution in [0, 0.1) is 5.82 Å². The van der Waals surface area contributed by atoms with E-state index in [4.69, 9.17) is 4.74 Å². The molecular weight excluding hydrogens is 379 g/mol. The number of halogens is 1. The van der Waals surface area contributed by atoms with Crippen LogP contribution in [0.2, 0.25) is 0 Å². The lowest BCUT2D eigenvalue weighted by Gasteiger charge is -2.34. The summed E-state index contributed by atoms with van der Waals surface area (Å²) in [6.07, 6.45) is 2.74. The van der Waals surface area contributed by atoms with E-state index >= 15 is 0 Å². The summed E-state index contributed by atoms with van der Waals surface area (Å²) in [7, 11) is 0. The molecule has 8 heteroatoms. The van der Waals surface area contributed by atoms with E-state index in [0.29, 0.717) is 32.5 Å². The van der Waals surface area contributed by atoms with E-state index in [9.17, 15) is 9.18 Å². The number of thiazole rings is 1. The van der Waals surface area contributed by atoms with Gasteiger partial charge >= 0.3 is 0 Å². The third-order valence-corrected chi connectivity index (χ3v) is 5.73. The van der Waals surface area contributed by atoms with Crippen molar-refractivity contribution >= 4 is 32.7 Å². The molecule has 146 valence electrons. The zero-order valence-electron chi connectivity index (χ0n) is 15.4. The summed E-state index contributed by atoms with van der Waals surface area (Å²) >= 11 is 1.58. The average molecular weight is 400 g/mol. The van der Waals surface area contributed by atoms with Crippen LogP contribution < -0.4 is 9.64 Å². The van der Waals surface area contributed by atoms with Gasteiger partial charge in [0.1, 0.15) is 10.3 Å². The first-order chi connectivity index (χ1) is 13.7. The first kappa shape index (κ1) is 18.6. The lowest BCUT2D eigenvalue weighted by atomic mass is 10.2. The van der Waals surface area contributed by atoms with Gasteiger partial charge in [0, 0.05) is 38.8 Å². The Hall–Kier alpha value is -2.74. The highest BCUT2D eigenvalue weighted by Crippen LogP contribution is 2.27. The van der Waals surface area contributed by atoms with Gasteiger partial charge < -0.3 is 14.5 Å². The molecule has 3 aromatic rings. The van der Waals surface area contributed by atoms with E-state index in [-0.39, 0.29) is 17.5 Å². The molecule has 2 aromatic heterocycles. The average Bonchev–Trinajstić information content (AvgIpc) is 3.17. The molecule has 0 spiro atoms. The van der Waals surface area contributed by atoms with Crippen molar-refractivity contribution in [2.24, 2.45) is 0 Å². The summed E-state index contributed by atoms with van der Waals surface area (Å²) in [5, 5.41) is 0.957. The standard InChI is InChI=1S/C20H21FN4O2S/c21-15-5-1-2-7-17(15)27-14-4-8-18(26)24-10-12-25(13-11-24)20-23-16-6-3-9-22-19(16)28-20/h1-3,5-7,9H,4,8,10-14H2. The third kappa shape index (κ3) is 4.22. The Morgan fingerprint density at radius 3 is 2.75 bits per heavy atom. The minimum atomic E-state index is -0.380. The summed E-state index contributed by atoms with van der Waals surface area (Å²) in [5.74, 6) is -0.0355. The summed E-state index contributed by atoms with van der Waals surface area (Å²) in [6, 6.07) is 10.2. The fourth-order valence-electron chi connectivity index (χ4n) is 3.17. The van der Waals surface area contributed by atoms with Gasteiger partial charge in [0.2, 0.25) is 5.91 Å². The van der Waals surface area contributed by atoms with Crippen molar-refractivity contribution in [3.63, 3.8) is 0 Å². The summed E-state index contributed by atoms with van der Waals surface area (Å²) in [6.45, 7) is 3.20. The number of pyridine rings is 1. The van der Waals surface area contributed by atoms with E-state index in [1.807, 2.05) is 17.0 Å². The fraction of sp³-hybridized carbons (Fsp3) is 0.350. The van der Waals surface area contributed by atoms with Crippen molar-refractivity contribution in [1.82, 2.24) is 14.9 Å². The quantitative estimate of drug-likeness (QED) is 0.594. The molecule has 0 bridgehead atoms. The molecule has 1 saturated heterocycles. The normalized spacial score (nSPS) is 14.5. The van der Waals surface area contributed by atoms with E-state index in [2.05, 4.69) is 14.9 Å². The molecule has 1 aromatic carbocycles.